The van der Waals surface area contributed by atoms with E-state index in [-0.39, 0.29) is 17.3 Å². The summed E-state index contributed by atoms with van der Waals surface area (Å²) in [6.07, 6.45) is 1.06. The van der Waals surface area contributed by atoms with E-state index >= 15 is 0 Å². The van der Waals surface area contributed by atoms with Crippen LogP contribution in [0.15, 0.2) is 24.3 Å². The zero-order valence-corrected chi connectivity index (χ0v) is 12.7. The molecule has 0 radical (unpaired) electrons. The molecular formula is C16H25FN2O. The van der Waals surface area contributed by atoms with E-state index < -0.39 is 0 Å². The minimum Gasteiger partial charge on any atom is -0.381 e. The SMILES string of the molecule is CNCC1(CN(C)C(C)c2ccccc2F)CCOC1. The maximum Gasteiger partial charge on any atom is 0.127 e. The van der Waals surface area contributed by atoms with Crippen LogP contribution >= 0.6 is 0 Å². The Labute approximate surface area is 121 Å². The Kier molecular flexibility index (Phi) is 5.13. The minimum atomic E-state index is -0.128. The van der Waals surface area contributed by atoms with Crippen molar-refractivity contribution in [3.05, 3.63) is 35.6 Å². The van der Waals surface area contributed by atoms with Gasteiger partial charge in [-0.3, -0.25) is 4.90 Å². The summed E-state index contributed by atoms with van der Waals surface area (Å²) in [4.78, 5) is 2.23. The number of hydrogen-bond donors (Lipinski definition) is 1. The Morgan fingerprint density at radius 3 is 2.80 bits per heavy atom. The van der Waals surface area contributed by atoms with Crippen molar-refractivity contribution < 1.29 is 9.13 Å². The van der Waals surface area contributed by atoms with Gasteiger partial charge in [0.25, 0.3) is 0 Å². The lowest BCUT2D eigenvalue weighted by Gasteiger charge is -2.35. The first-order valence-electron chi connectivity index (χ1n) is 7.25. The zero-order valence-electron chi connectivity index (χ0n) is 12.7. The van der Waals surface area contributed by atoms with Crippen LogP contribution < -0.4 is 5.32 Å². The number of halogens is 1. The van der Waals surface area contributed by atoms with Gasteiger partial charge in [0.15, 0.2) is 0 Å². The van der Waals surface area contributed by atoms with Crippen LogP contribution in [0.4, 0.5) is 4.39 Å². The summed E-state index contributed by atoms with van der Waals surface area (Å²) in [5.41, 5.74) is 0.900. The number of ether oxygens (including phenoxy) is 1. The van der Waals surface area contributed by atoms with Crippen molar-refractivity contribution in [1.29, 1.82) is 0 Å². The summed E-state index contributed by atoms with van der Waals surface area (Å²) in [5, 5.41) is 3.27. The molecule has 3 nitrogen and oxygen atoms in total. The highest BCUT2D eigenvalue weighted by molar-refractivity contribution is 5.20. The van der Waals surface area contributed by atoms with Crippen molar-refractivity contribution in [3.8, 4) is 0 Å². The van der Waals surface area contributed by atoms with E-state index in [4.69, 9.17) is 4.74 Å². The second kappa shape index (κ2) is 6.66. The maximum atomic E-state index is 13.9. The second-order valence-electron chi connectivity index (χ2n) is 5.95. The summed E-state index contributed by atoms with van der Waals surface area (Å²) in [7, 11) is 4.03. The fourth-order valence-electron chi connectivity index (χ4n) is 3.06. The first kappa shape index (κ1) is 15.4. The quantitative estimate of drug-likeness (QED) is 0.866. The van der Waals surface area contributed by atoms with E-state index in [0.29, 0.717) is 0 Å². The van der Waals surface area contributed by atoms with Crippen molar-refractivity contribution in [3.63, 3.8) is 0 Å². The van der Waals surface area contributed by atoms with Gasteiger partial charge in [-0.05, 0) is 33.5 Å². The molecule has 1 aromatic rings. The van der Waals surface area contributed by atoms with Crippen molar-refractivity contribution in [1.82, 2.24) is 10.2 Å². The van der Waals surface area contributed by atoms with Crippen molar-refractivity contribution >= 4 is 0 Å². The van der Waals surface area contributed by atoms with Crippen LogP contribution in [-0.2, 0) is 4.74 Å². The van der Waals surface area contributed by atoms with Crippen molar-refractivity contribution in [2.45, 2.75) is 19.4 Å². The third-order valence-electron chi connectivity index (χ3n) is 4.34. The Hall–Kier alpha value is -0.970. The third kappa shape index (κ3) is 3.37. The zero-order chi connectivity index (χ0) is 14.6. The summed E-state index contributed by atoms with van der Waals surface area (Å²) >= 11 is 0. The first-order chi connectivity index (χ1) is 9.58. The second-order valence-corrected chi connectivity index (χ2v) is 5.95. The Bertz CT molecular complexity index is 432. The molecule has 20 heavy (non-hydrogen) atoms. The molecule has 1 aliphatic heterocycles. The monoisotopic (exact) mass is 280 g/mol. The standard InChI is InChI=1S/C16H25FN2O/c1-13(14-6-4-5-7-15(14)17)19(3)11-16(10-18-2)8-9-20-12-16/h4-7,13,18H,8-12H2,1-3H3. The molecule has 1 aliphatic rings. The summed E-state index contributed by atoms with van der Waals surface area (Å²) in [6.45, 7) is 5.50. The molecule has 0 amide bonds. The van der Waals surface area contributed by atoms with E-state index in [0.717, 1.165) is 38.3 Å². The van der Waals surface area contributed by atoms with Crippen LogP contribution in [-0.4, -0.2) is 45.3 Å². The van der Waals surface area contributed by atoms with Crippen molar-refractivity contribution in [2.24, 2.45) is 5.41 Å². The van der Waals surface area contributed by atoms with Gasteiger partial charge in [-0.2, -0.15) is 0 Å². The first-order valence-corrected chi connectivity index (χ1v) is 7.25. The summed E-state index contributed by atoms with van der Waals surface area (Å²) < 4.78 is 19.5. The summed E-state index contributed by atoms with van der Waals surface area (Å²) in [6, 6.07) is 7.09. The lowest BCUT2D eigenvalue weighted by Crippen LogP contribution is -2.43. The average Bonchev–Trinajstić information content (AvgIpc) is 2.87. The fraction of sp³-hybridized carbons (Fsp3) is 0.625. The van der Waals surface area contributed by atoms with Crippen LogP contribution in [0.1, 0.15) is 24.9 Å². The molecule has 0 saturated carbocycles. The van der Waals surface area contributed by atoms with Gasteiger partial charge in [0.2, 0.25) is 0 Å². The third-order valence-corrected chi connectivity index (χ3v) is 4.34. The lowest BCUT2D eigenvalue weighted by molar-refractivity contribution is 0.105. The van der Waals surface area contributed by atoms with E-state index in [1.807, 2.05) is 19.2 Å². The fourth-order valence-corrected chi connectivity index (χ4v) is 3.06. The van der Waals surface area contributed by atoms with Crippen LogP contribution in [0.5, 0.6) is 0 Å². The molecule has 1 fully saturated rings. The number of benzene rings is 1. The number of rotatable bonds is 6. The highest BCUT2D eigenvalue weighted by Gasteiger charge is 2.36. The molecule has 0 bridgehead atoms. The molecule has 1 N–H and O–H groups in total. The van der Waals surface area contributed by atoms with Gasteiger partial charge >= 0.3 is 0 Å². The van der Waals surface area contributed by atoms with Gasteiger partial charge in [0.05, 0.1) is 6.61 Å². The summed E-state index contributed by atoms with van der Waals surface area (Å²) in [5.74, 6) is -0.128. The van der Waals surface area contributed by atoms with Crippen LogP contribution in [0.2, 0.25) is 0 Å². The number of hydrogen-bond acceptors (Lipinski definition) is 3. The molecule has 2 rings (SSSR count). The van der Waals surface area contributed by atoms with Crippen molar-refractivity contribution in [2.75, 3.05) is 40.4 Å². The lowest BCUT2D eigenvalue weighted by atomic mass is 9.86. The number of nitrogens with one attached hydrogen (secondary N) is 1. The van der Waals surface area contributed by atoms with Gasteiger partial charge in [-0.1, -0.05) is 18.2 Å². The number of nitrogens with zero attached hydrogens (tertiary/aromatic N) is 1. The van der Waals surface area contributed by atoms with E-state index in [1.165, 1.54) is 6.07 Å². The highest BCUT2D eigenvalue weighted by atomic mass is 19.1. The average molecular weight is 280 g/mol. The topological polar surface area (TPSA) is 24.5 Å². The molecular weight excluding hydrogens is 255 g/mol. The predicted octanol–water partition coefficient (Wildman–Crippen LogP) is 2.44. The molecule has 112 valence electrons. The molecule has 2 unspecified atom stereocenters. The molecule has 4 heteroatoms. The molecule has 0 aromatic heterocycles. The van der Waals surface area contributed by atoms with Gasteiger partial charge in [-0.15, -0.1) is 0 Å². The van der Waals surface area contributed by atoms with E-state index in [1.54, 1.807) is 6.07 Å². The molecule has 1 aromatic carbocycles. The highest BCUT2D eigenvalue weighted by Crippen LogP contribution is 2.32. The van der Waals surface area contributed by atoms with Gasteiger partial charge in [0.1, 0.15) is 5.82 Å². The van der Waals surface area contributed by atoms with E-state index in [2.05, 4.69) is 24.2 Å². The molecule has 0 spiro atoms. The van der Waals surface area contributed by atoms with Gasteiger partial charge in [-0.25, -0.2) is 4.39 Å². The molecule has 1 heterocycles. The molecule has 1 saturated heterocycles. The smallest absolute Gasteiger partial charge is 0.127 e. The maximum absolute atomic E-state index is 13.9. The predicted molar refractivity (Wildman–Crippen MR) is 79.2 cm³/mol. The van der Waals surface area contributed by atoms with Gasteiger partial charge in [0, 0.05) is 36.7 Å². The van der Waals surface area contributed by atoms with Crippen LogP contribution in [0.25, 0.3) is 0 Å². The Morgan fingerprint density at radius 1 is 1.45 bits per heavy atom. The normalized spacial score (nSPS) is 24.2. The molecule has 0 aliphatic carbocycles. The van der Waals surface area contributed by atoms with Crippen LogP contribution in [0.3, 0.4) is 0 Å². The van der Waals surface area contributed by atoms with Crippen LogP contribution in [0, 0.1) is 11.2 Å². The Balaban J connectivity index is 2.07. The van der Waals surface area contributed by atoms with Gasteiger partial charge < -0.3 is 10.1 Å². The largest absolute Gasteiger partial charge is 0.381 e. The molecule has 2 atom stereocenters. The minimum absolute atomic E-state index is 0.0607. The Morgan fingerprint density at radius 2 is 2.20 bits per heavy atom. The van der Waals surface area contributed by atoms with E-state index in [9.17, 15) is 4.39 Å².